The molecule has 0 aliphatic carbocycles. The highest BCUT2D eigenvalue weighted by Gasteiger charge is 1.88. The van der Waals surface area contributed by atoms with Crippen LogP contribution in [0.1, 0.15) is 26.7 Å². The first-order chi connectivity index (χ1) is 5.81. The molecule has 0 radical (unpaired) electrons. The van der Waals surface area contributed by atoms with Crippen molar-refractivity contribution in [2.75, 3.05) is 20.1 Å². The standard InChI is InChI=1S/C11H21N/c1-4-6-7-8-9-10-11-12(3)5-2/h6-9H,4-5,10-11H2,1-3H3/b7-6-,9-8-. The fourth-order valence-corrected chi connectivity index (χ4v) is 0.842. The van der Waals surface area contributed by atoms with Crippen molar-refractivity contribution < 1.29 is 0 Å². The van der Waals surface area contributed by atoms with E-state index in [-0.39, 0.29) is 0 Å². The van der Waals surface area contributed by atoms with Gasteiger partial charge >= 0.3 is 0 Å². The maximum absolute atomic E-state index is 2.31. The van der Waals surface area contributed by atoms with Crippen LogP contribution in [0.2, 0.25) is 0 Å². The average Bonchev–Trinajstić information content (AvgIpc) is 2.10. The van der Waals surface area contributed by atoms with E-state index >= 15 is 0 Å². The largest absolute Gasteiger partial charge is 0.306 e. The SMILES string of the molecule is CC/C=C\C=C/CCN(C)CC. The molecule has 70 valence electrons. The Hall–Kier alpha value is -0.560. The Bertz CT molecular complexity index is 136. The fourth-order valence-electron chi connectivity index (χ4n) is 0.842. The highest BCUT2D eigenvalue weighted by Crippen LogP contribution is 1.89. The Balaban J connectivity index is 3.29. The smallest absolute Gasteiger partial charge is 0.00128 e. The molecule has 0 aliphatic heterocycles. The molecule has 0 fully saturated rings. The van der Waals surface area contributed by atoms with Crippen molar-refractivity contribution in [2.45, 2.75) is 26.7 Å². The predicted molar refractivity (Wildman–Crippen MR) is 56.4 cm³/mol. The summed E-state index contributed by atoms with van der Waals surface area (Å²) in [5.41, 5.74) is 0. The van der Waals surface area contributed by atoms with Gasteiger partial charge in [0.25, 0.3) is 0 Å². The lowest BCUT2D eigenvalue weighted by Crippen LogP contribution is -2.17. The van der Waals surface area contributed by atoms with Crippen molar-refractivity contribution in [2.24, 2.45) is 0 Å². The Morgan fingerprint density at radius 1 is 1.08 bits per heavy atom. The second kappa shape index (κ2) is 8.54. The summed E-state index contributed by atoms with van der Waals surface area (Å²) in [5, 5.41) is 0. The molecule has 12 heavy (non-hydrogen) atoms. The quantitative estimate of drug-likeness (QED) is 0.550. The minimum absolute atomic E-state index is 1.12. The van der Waals surface area contributed by atoms with Crippen molar-refractivity contribution >= 4 is 0 Å². The van der Waals surface area contributed by atoms with Crippen LogP contribution in [0.15, 0.2) is 24.3 Å². The molecule has 0 amide bonds. The van der Waals surface area contributed by atoms with Crippen molar-refractivity contribution in [3.63, 3.8) is 0 Å². The van der Waals surface area contributed by atoms with Gasteiger partial charge in [-0.2, -0.15) is 0 Å². The molecule has 1 heteroatoms. The molecule has 0 aromatic carbocycles. The third-order valence-electron chi connectivity index (χ3n) is 1.84. The number of hydrogen-bond acceptors (Lipinski definition) is 1. The lowest BCUT2D eigenvalue weighted by atomic mass is 10.3. The lowest BCUT2D eigenvalue weighted by molar-refractivity contribution is 0.360. The maximum atomic E-state index is 2.31. The van der Waals surface area contributed by atoms with E-state index in [1.165, 1.54) is 0 Å². The highest BCUT2D eigenvalue weighted by atomic mass is 15.1. The van der Waals surface area contributed by atoms with E-state index in [1.54, 1.807) is 0 Å². The van der Waals surface area contributed by atoms with Crippen LogP contribution in [0.25, 0.3) is 0 Å². The monoisotopic (exact) mass is 167 g/mol. The molecule has 0 N–H and O–H groups in total. The van der Waals surface area contributed by atoms with Crippen LogP contribution in [0.4, 0.5) is 0 Å². The van der Waals surface area contributed by atoms with Crippen LogP contribution in [0.3, 0.4) is 0 Å². The van der Waals surface area contributed by atoms with Crippen molar-refractivity contribution in [3.05, 3.63) is 24.3 Å². The van der Waals surface area contributed by atoms with E-state index < -0.39 is 0 Å². The summed E-state index contributed by atoms with van der Waals surface area (Å²) in [6, 6.07) is 0. The average molecular weight is 167 g/mol. The Labute approximate surface area is 76.8 Å². The summed E-state index contributed by atoms with van der Waals surface area (Å²) >= 11 is 0. The Kier molecular flexibility index (Phi) is 8.14. The first kappa shape index (κ1) is 11.4. The zero-order chi connectivity index (χ0) is 9.23. The van der Waals surface area contributed by atoms with Gasteiger partial charge in [0.1, 0.15) is 0 Å². The summed E-state index contributed by atoms with van der Waals surface area (Å²) in [7, 11) is 2.15. The van der Waals surface area contributed by atoms with Crippen LogP contribution < -0.4 is 0 Å². The second-order valence-corrected chi connectivity index (χ2v) is 2.95. The van der Waals surface area contributed by atoms with Crippen LogP contribution in [0.5, 0.6) is 0 Å². The molecule has 0 atom stereocenters. The molecule has 0 rings (SSSR count). The van der Waals surface area contributed by atoms with Crippen LogP contribution in [-0.2, 0) is 0 Å². The molecule has 0 saturated carbocycles. The number of allylic oxidation sites excluding steroid dienone is 3. The highest BCUT2D eigenvalue weighted by molar-refractivity contribution is 5.01. The van der Waals surface area contributed by atoms with Crippen molar-refractivity contribution in [1.82, 2.24) is 4.90 Å². The zero-order valence-corrected chi connectivity index (χ0v) is 8.59. The van der Waals surface area contributed by atoms with Gasteiger partial charge in [-0.15, -0.1) is 0 Å². The van der Waals surface area contributed by atoms with Gasteiger partial charge in [0.15, 0.2) is 0 Å². The summed E-state index contributed by atoms with van der Waals surface area (Å²) in [5.74, 6) is 0. The number of hydrogen-bond donors (Lipinski definition) is 0. The third kappa shape index (κ3) is 7.55. The van der Waals surface area contributed by atoms with Gasteiger partial charge in [-0.25, -0.2) is 0 Å². The minimum atomic E-state index is 1.12. The molecule has 0 saturated heterocycles. The van der Waals surface area contributed by atoms with Gasteiger partial charge in [0.05, 0.1) is 0 Å². The third-order valence-corrected chi connectivity index (χ3v) is 1.84. The van der Waals surface area contributed by atoms with Gasteiger partial charge in [-0.05, 0) is 26.4 Å². The van der Waals surface area contributed by atoms with E-state index in [0.717, 1.165) is 25.9 Å². The molecule has 0 unspecified atom stereocenters. The molecule has 0 heterocycles. The topological polar surface area (TPSA) is 3.24 Å². The van der Waals surface area contributed by atoms with Crippen molar-refractivity contribution in [3.8, 4) is 0 Å². The van der Waals surface area contributed by atoms with Gasteiger partial charge in [-0.1, -0.05) is 38.2 Å². The van der Waals surface area contributed by atoms with Gasteiger partial charge in [-0.3, -0.25) is 0 Å². The Morgan fingerprint density at radius 3 is 2.33 bits per heavy atom. The predicted octanol–water partition coefficient (Wildman–Crippen LogP) is 2.85. The van der Waals surface area contributed by atoms with E-state index in [2.05, 4.69) is 50.1 Å². The molecule has 0 aromatic heterocycles. The number of rotatable bonds is 6. The van der Waals surface area contributed by atoms with Gasteiger partial charge < -0.3 is 4.90 Å². The molecule has 0 aliphatic rings. The van der Waals surface area contributed by atoms with Crippen LogP contribution in [0, 0.1) is 0 Å². The minimum Gasteiger partial charge on any atom is -0.306 e. The van der Waals surface area contributed by atoms with Gasteiger partial charge in [0.2, 0.25) is 0 Å². The summed E-state index contributed by atoms with van der Waals surface area (Å²) < 4.78 is 0. The molecular formula is C11H21N. The fraction of sp³-hybridized carbons (Fsp3) is 0.636. The zero-order valence-electron chi connectivity index (χ0n) is 8.59. The first-order valence-electron chi connectivity index (χ1n) is 4.81. The summed E-state index contributed by atoms with van der Waals surface area (Å²) in [6.07, 6.45) is 10.9. The van der Waals surface area contributed by atoms with E-state index in [4.69, 9.17) is 0 Å². The number of nitrogens with zero attached hydrogens (tertiary/aromatic N) is 1. The first-order valence-corrected chi connectivity index (χ1v) is 4.81. The van der Waals surface area contributed by atoms with Gasteiger partial charge in [0, 0.05) is 6.54 Å². The van der Waals surface area contributed by atoms with E-state index in [9.17, 15) is 0 Å². The van der Waals surface area contributed by atoms with Crippen LogP contribution >= 0.6 is 0 Å². The normalized spacial score (nSPS) is 12.3. The molecule has 1 nitrogen and oxygen atoms in total. The maximum Gasteiger partial charge on any atom is 0.00128 e. The lowest BCUT2D eigenvalue weighted by Gasteiger charge is -2.10. The summed E-state index contributed by atoms with van der Waals surface area (Å²) in [4.78, 5) is 2.31. The summed E-state index contributed by atoms with van der Waals surface area (Å²) in [6.45, 7) is 6.63. The molecule has 0 bridgehead atoms. The molecular weight excluding hydrogens is 146 g/mol. The Morgan fingerprint density at radius 2 is 1.75 bits per heavy atom. The van der Waals surface area contributed by atoms with Crippen LogP contribution in [-0.4, -0.2) is 25.0 Å². The van der Waals surface area contributed by atoms with E-state index in [1.807, 2.05) is 0 Å². The molecule has 0 spiro atoms. The molecule has 0 aromatic rings. The second-order valence-electron chi connectivity index (χ2n) is 2.95. The van der Waals surface area contributed by atoms with Crippen molar-refractivity contribution in [1.29, 1.82) is 0 Å². The van der Waals surface area contributed by atoms with E-state index in [0.29, 0.717) is 0 Å².